The lowest BCUT2D eigenvalue weighted by atomic mass is 10.0. The van der Waals surface area contributed by atoms with Crippen LogP contribution in [0.1, 0.15) is 35.6 Å². The van der Waals surface area contributed by atoms with E-state index in [1.807, 2.05) is 29.9 Å². The zero-order valence-corrected chi connectivity index (χ0v) is 17.0. The van der Waals surface area contributed by atoms with Crippen LogP contribution in [0, 0.1) is 0 Å². The molecule has 2 aliphatic rings. The molecule has 3 aromatic heterocycles. The smallest absolute Gasteiger partial charge is 0.275 e. The Bertz CT molecular complexity index is 1110. The third-order valence-corrected chi connectivity index (χ3v) is 5.84. The molecule has 1 fully saturated rings. The molecule has 0 bridgehead atoms. The van der Waals surface area contributed by atoms with Crippen LogP contribution in [0.4, 0.5) is 0 Å². The Kier molecular flexibility index (Phi) is 4.37. The number of nitrogens with zero attached hydrogens (tertiary/aromatic N) is 8. The lowest BCUT2D eigenvalue weighted by molar-refractivity contribution is 0.0766. The van der Waals surface area contributed by atoms with Crippen LogP contribution in [-0.4, -0.2) is 78.8 Å². The van der Waals surface area contributed by atoms with Crippen molar-refractivity contribution in [2.45, 2.75) is 31.4 Å². The second-order valence-corrected chi connectivity index (χ2v) is 7.64. The Labute approximate surface area is 172 Å². The quantitative estimate of drug-likeness (QED) is 0.627. The second kappa shape index (κ2) is 7.08. The fourth-order valence-electron chi connectivity index (χ4n) is 3.95. The van der Waals surface area contributed by atoms with Gasteiger partial charge in [-0.15, -0.1) is 0 Å². The van der Waals surface area contributed by atoms with E-state index in [9.17, 15) is 4.79 Å². The van der Waals surface area contributed by atoms with Gasteiger partial charge >= 0.3 is 0 Å². The number of oxazole rings is 1. The summed E-state index contributed by atoms with van der Waals surface area (Å²) in [6.07, 6.45) is 6.51. The molecule has 5 rings (SSSR count). The van der Waals surface area contributed by atoms with Gasteiger partial charge in [0.1, 0.15) is 24.5 Å². The van der Waals surface area contributed by atoms with Gasteiger partial charge in [0.25, 0.3) is 5.91 Å². The van der Waals surface area contributed by atoms with Crippen LogP contribution in [-0.2, 0) is 7.05 Å². The number of rotatable bonds is 4. The number of hydrogen-bond donors (Lipinski definition) is 0. The molecule has 1 saturated heterocycles. The van der Waals surface area contributed by atoms with E-state index in [4.69, 9.17) is 14.1 Å². The minimum atomic E-state index is -0.178. The zero-order valence-electron chi connectivity index (χ0n) is 17.0. The number of imidazole rings is 1. The van der Waals surface area contributed by atoms with Crippen LogP contribution in [0.25, 0.3) is 11.2 Å². The van der Waals surface area contributed by atoms with Crippen LogP contribution in [0.2, 0.25) is 0 Å². The molecule has 3 aromatic rings. The molecule has 0 radical (unpaired) electrons. The topological polar surface area (TPSA) is 115 Å². The Morgan fingerprint density at radius 3 is 2.87 bits per heavy atom. The van der Waals surface area contributed by atoms with Crippen molar-refractivity contribution in [3.8, 4) is 5.88 Å². The highest BCUT2D eigenvalue weighted by atomic mass is 16.5. The largest absolute Gasteiger partial charge is 0.471 e. The summed E-state index contributed by atoms with van der Waals surface area (Å²) < 4.78 is 13.0. The predicted molar refractivity (Wildman–Crippen MR) is 106 cm³/mol. The fourth-order valence-corrected chi connectivity index (χ4v) is 3.95. The van der Waals surface area contributed by atoms with E-state index in [1.165, 1.54) is 19.0 Å². The number of carbonyl (C=O) groups is 1. The number of fused-ring (bicyclic) bond motifs is 1. The summed E-state index contributed by atoms with van der Waals surface area (Å²) >= 11 is 0. The van der Waals surface area contributed by atoms with E-state index in [-0.39, 0.29) is 24.0 Å². The molecule has 0 saturated carbocycles. The number of aryl methyl sites for hydroxylation is 1. The van der Waals surface area contributed by atoms with Gasteiger partial charge in [-0.05, 0) is 6.92 Å². The summed E-state index contributed by atoms with van der Waals surface area (Å²) in [5.41, 5.74) is 1.62. The number of likely N-dealkylation sites (N-methyl/N-ethyl adjacent to an activating group) is 1. The monoisotopic (exact) mass is 410 g/mol. The summed E-state index contributed by atoms with van der Waals surface area (Å²) in [7, 11) is 3.89. The highest BCUT2D eigenvalue weighted by Gasteiger charge is 2.33. The number of hydrazone groups is 1. The highest BCUT2D eigenvalue weighted by Crippen LogP contribution is 2.30. The number of hydrogen-bond acceptors (Lipinski definition) is 9. The fraction of sp³-hybridized carbons (Fsp3) is 0.474. The van der Waals surface area contributed by atoms with Crippen LogP contribution in [0.15, 0.2) is 28.5 Å². The molecule has 0 N–H and O–H groups in total. The van der Waals surface area contributed by atoms with Crippen LogP contribution in [0.3, 0.4) is 0 Å². The third-order valence-electron chi connectivity index (χ3n) is 5.84. The minimum absolute atomic E-state index is 0.0594. The van der Waals surface area contributed by atoms with Gasteiger partial charge in [0.2, 0.25) is 5.88 Å². The SMILES string of the molecule is CC1C(c2nc3c(OC4CCN(C(=O)c5cocn5)C4)ncnc3n2C)C=NN1C. The van der Waals surface area contributed by atoms with Gasteiger partial charge in [-0.25, -0.2) is 15.0 Å². The standard InChI is InChI=1S/C19H22N8O3/c1-11-13(6-23-26(11)3)16-24-15-17(25(16)2)20-9-21-18(15)30-12-4-5-27(7-12)19(28)14-8-29-10-22-14/h6,8-13H,4-5,7H2,1-3H3. The minimum Gasteiger partial charge on any atom is -0.471 e. The molecular weight excluding hydrogens is 388 g/mol. The van der Waals surface area contributed by atoms with Crippen molar-refractivity contribution in [2.75, 3.05) is 20.1 Å². The number of aromatic nitrogens is 5. The van der Waals surface area contributed by atoms with Gasteiger partial charge in [-0.3, -0.25) is 9.80 Å². The Morgan fingerprint density at radius 1 is 1.27 bits per heavy atom. The van der Waals surface area contributed by atoms with Crippen molar-refractivity contribution >= 4 is 23.3 Å². The van der Waals surface area contributed by atoms with Crippen molar-refractivity contribution < 1.29 is 13.9 Å². The molecule has 30 heavy (non-hydrogen) atoms. The lowest BCUT2D eigenvalue weighted by Gasteiger charge is -2.19. The van der Waals surface area contributed by atoms with Gasteiger partial charge < -0.3 is 18.6 Å². The highest BCUT2D eigenvalue weighted by molar-refractivity contribution is 5.92. The number of likely N-dealkylation sites (tertiary alicyclic amines) is 1. The zero-order chi connectivity index (χ0) is 20.8. The number of ether oxygens (including phenoxy) is 1. The van der Waals surface area contributed by atoms with Crippen molar-refractivity contribution in [2.24, 2.45) is 12.1 Å². The van der Waals surface area contributed by atoms with Gasteiger partial charge in [0.05, 0.1) is 18.5 Å². The van der Waals surface area contributed by atoms with Crippen LogP contribution < -0.4 is 4.74 Å². The molecule has 11 heteroatoms. The average molecular weight is 410 g/mol. The van der Waals surface area contributed by atoms with E-state index >= 15 is 0 Å². The first kappa shape index (κ1) is 18.5. The normalized spacial score (nSPS) is 23.6. The van der Waals surface area contributed by atoms with E-state index < -0.39 is 0 Å². The first-order valence-corrected chi connectivity index (χ1v) is 9.81. The summed E-state index contributed by atoms with van der Waals surface area (Å²) in [6.45, 7) is 3.15. The maximum absolute atomic E-state index is 12.5. The van der Waals surface area contributed by atoms with E-state index in [2.05, 4.69) is 27.0 Å². The van der Waals surface area contributed by atoms with E-state index in [0.717, 1.165) is 5.82 Å². The van der Waals surface area contributed by atoms with E-state index in [1.54, 1.807) is 4.90 Å². The number of amides is 1. The summed E-state index contributed by atoms with van der Waals surface area (Å²) in [5, 5.41) is 6.30. The van der Waals surface area contributed by atoms with E-state index in [0.29, 0.717) is 42.2 Å². The first-order valence-electron chi connectivity index (χ1n) is 9.81. The second-order valence-electron chi connectivity index (χ2n) is 7.64. The Morgan fingerprint density at radius 2 is 2.13 bits per heavy atom. The maximum Gasteiger partial charge on any atom is 0.275 e. The van der Waals surface area contributed by atoms with Crippen LogP contribution in [0.5, 0.6) is 5.88 Å². The molecule has 1 amide bonds. The molecule has 0 aliphatic carbocycles. The van der Waals surface area contributed by atoms with Gasteiger partial charge in [-0.2, -0.15) is 10.1 Å². The molecule has 0 spiro atoms. The summed E-state index contributed by atoms with van der Waals surface area (Å²) in [5.74, 6) is 1.19. The maximum atomic E-state index is 12.5. The molecule has 0 aromatic carbocycles. The molecule has 156 valence electrons. The van der Waals surface area contributed by atoms with Gasteiger partial charge in [0.15, 0.2) is 23.3 Å². The average Bonchev–Trinajstić information content (AvgIpc) is 3.53. The lowest BCUT2D eigenvalue weighted by Crippen LogP contribution is -2.31. The predicted octanol–water partition coefficient (Wildman–Crippen LogP) is 1.05. The third kappa shape index (κ3) is 2.97. The van der Waals surface area contributed by atoms with Crippen molar-refractivity contribution in [3.63, 3.8) is 0 Å². The summed E-state index contributed by atoms with van der Waals surface area (Å²) in [6, 6.07) is 0.198. The molecule has 3 unspecified atom stereocenters. The summed E-state index contributed by atoms with van der Waals surface area (Å²) in [4.78, 5) is 31.6. The van der Waals surface area contributed by atoms with Crippen molar-refractivity contribution in [1.29, 1.82) is 0 Å². The molecule has 5 heterocycles. The van der Waals surface area contributed by atoms with Crippen molar-refractivity contribution in [1.82, 2.24) is 34.4 Å². The first-order chi connectivity index (χ1) is 14.5. The molecule has 11 nitrogen and oxygen atoms in total. The Balaban J connectivity index is 1.37. The molecule has 3 atom stereocenters. The van der Waals surface area contributed by atoms with Gasteiger partial charge in [0, 0.05) is 33.3 Å². The Hall–Kier alpha value is -3.50. The molecular formula is C19H22N8O3. The van der Waals surface area contributed by atoms with Gasteiger partial charge in [-0.1, -0.05) is 0 Å². The number of carbonyl (C=O) groups excluding carboxylic acids is 1. The van der Waals surface area contributed by atoms with Crippen LogP contribution >= 0.6 is 0 Å². The molecule has 2 aliphatic heterocycles. The van der Waals surface area contributed by atoms with Crippen molar-refractivity contribution in [3.05, 3.63) is 30.5 Å².